The van der Waals surface area contributed by atoms with Gasteiger partial charge in [-0.05, 0) is 57.0 Å². The highest BCUT2D eigenvalue weighted by Gasteiger charge is 2.51. The van der Waals surface area contributed by atoms with Crippen molar-refractivity contribution < 1.29 is 18.9 Å². The van der Waals surface area contributed by atoms with Gasteiger partial charge in [-0.1, -0.05) is 18.2 Å². The molecule has 158 valence electrons. The Bertz CT molecular complexity index is 958. The van der Waals surface area contributed by atoms with Gasteiger partial charge in [0.25, 0.3) is 0 Å². The maximum Gasteiger partial charge on any atom is 0.231 e. The molecule has 2 aromatic rings. The van der Waals surface area contributed by atoms with E-state index >= 15 is 0 Å². The molecule has 5 rings (SSSR count). The number of ether oxygens (including phenoxy) is 4. The van der Waals surface area contributed by atoms with Crippen molar-refractivity contribution in [3.63, 3.8) is 0 Å². The van der Waals surface area contributed by atoms with E-state index in [1.54, 1.807) is 0 Å². The molecule has 0 fully saturated rings. The van der Waals surface area contributed by atoms with Crippen LogP contribution in [0.25, 0.3) is 0 Å². The lowest BCUT2D eigenvalue weighted by Gasteiger charge is -2.26. The van der Waals surface area contributed by atoms with E-state index in [4.69, 9.17) is 23.9 Å². The van der Waals surface area contributed by atoms with Gasteiger partial charge in [0.15, 0.2) is 11.5 Å². The van der Waals surface area contributed by atoms with Crippen molar-refractivity contribution in [3.05, 3.63) is 47.5 Å². The molecule has 3 heterocycles. The first kappa shape index (κ1) is 19.4. The minimum Gasteiger partial charge on any atom is -0.491 e. The zero-order valence-electron chi connectivity index (χ0n) is 17.4. The number of nitrogens with zero attached hydrogens (tertiary/aromatic N) is 1. The molecule has 3 aliphatic rings. The van der Waals surface area contributed by atoms with E-state index in [0.29, 0.717) is 6.61 Å². The number of para-hydroxylation sites is 1. The van der Waals surface area contributed by atoms with Crippen molar-refractivity contribution >= 4 is 11.4 Å². The van der Waals surface area contributed by atoms with Crippen molar-refractivity contribution in [2.45, 2.75) is 31.6 Å². The monoisotopic (exact) mass is 408 g/mol. The van der Waals surface area contributed by atoms with Gasteiger partial charge in [-0.15, -0.1) is 0 Å². The summed E-state index contributed by atoms with van der Waals surface area (Å²) < 4.78 is 22.8. The first-order valence-corrected chi connectivity index (χ1v) is 10.9. The summed E-state index contributed by atoms with van der Waals surface area (Å²) in [6.07, 6.45) is 2.99. The third kappa shape index (κ3) is 3.24. The quantitative estimate of drug-likeness (QED) is 0.636. The molecule has 1 N–H and O–H groups in total. The molecule has 0 saturated carbocycles. The lowest BCUT2D eigenvalue weighted by molar-refractivity contribution is 0.145. The molecule has 6 nitrogen and oxygen atoms in total. The van der Waals surface area contributed by atoms with Gasteiger partial charge >= 0.3 is 0 Å². The number of benzene rings is 2. The highest BCUT2D eigenvalue weighted by Crippen LogP contribution is 2.54. The zero-order chi connectivity index (χ0) is 20.4. The predicted molar refractivity (Wildman–Crippen MR) is 116 cm³/mol. The molecular formula is C24H28N2O4. The van der Waals surface area contributed by atoms with Crippen molar-refractivity contribution in [3.8, 4) is 17.2 Å². The predicted octanol–water partition coefficient (Wildman–Crippen LogP) is 3.98. The molecule has 6 heteroatoms. The minimum atomic E-state index is -0.331. The summed E-state index contributed by atoms with van der Waals surface area (Å²) in [7, 11) is 0. The van der Waals surface area contributed by atoms with Gasteiger partial charge < -0.3 is 24.3 Å². The van der Waals surface area contributed by atoms with E-state index in [2.05, 4.69) is 35.6 Å². The van der Waals surface area contributed by atoms with Crippen LogP contribution >= 0.6 is 0 Å². The van der Waals surface area contributed by atoms with Gasteiger partial charge in [0, 0.05) is 30.6 Å². The van der Waals surface area contributed by atoms with Gasteiger partial charge in [0.2, 0.25) is 6.79 Å². The van der Waals surface area contributed by atoms with Crippen LogP contribution in [0.15, 0.2) is 41.4 Å². The highest BCUT2D eigenvalue weighted by atomic mass is 16.7. The molecule has 0 unspecified atom stereocenters. The second-order valence-electron chi connectivity index (χ2n) is 7.88. The molecule has 0 saturated heterocycles. The molecule has 0 aromatic heterocycles. The standard InChI is InChI=1S/C24H28N2O4/c1-2-27-12-6-11-25-10-5-9-23-24(17-7-3-4-8-19(17)26-23)15-28-20-14-22-21(13-18(20)24)29-16-30-22/h3-4,7-8,13-14,25H,2,5-6,9-12,15-16H2,1H3/t24-/m0/s1. The molecule has 30 heavy (non-hydrogen) atoms. The van der Waals surface area contributed by atoms with E-state index in [9.17, 15) is 0 Å². The Morgan fingerprint density at radius 2 is 1.83 bits per heavy atom. The van der Waals surface area contributed by atoms with Crippen LogP contribution in [-0.2, 0) is 10.2 Å². The lowest BCUT2D eigenvalue weighted by Crippen LogP contribution is -2.36. The lowest BCUT2D eigenvalue weighted by atomic mass is 9.72. The van der Waals surface area contributed by atoms with E-state index < -0.39 is 0 Å². The maximum absolute atomic E-state index is 6.19. The van der Waals surface area contributed by atoms with Crippen LogP contribution in [0.1, 0.15) is 37.3 Å². The first-order chi connectivity index (χ1) is 14.8. The molecule has 0 radical (unpaired) electrons. The Kier molecular flexibility index (Phi) is 5.35. The largest absolute Gasteiger partial charge is 0.491 e. The van der Waals surface area contributed by atoms with Crippen LogP contribution in [0, 0.1) is 0 Å². The number of aliphatic imine (C=N–C) groups is 1. The van der Waals surface area contributed by atoms with Crippen LogP contribution in [0.3, 0.4) is 0 Å². The fourth-order valence-electron chi connectivity index (χ4n) is 4.65. The topological polar surface area (TPSA) is 61.3 Å². The molecule has 1 atom stereocenters. The Hall–Kier alpha value is -2.57. The van der Waals surface area contributed by atoms with Crippen molar-refractivity contribution in [1.82, 2.24) is 5.32 Å². The summed E-state index contributed by atoms with van der Waals surface area (Å²) in [4.78, 5) is 5.05. The summed E-state index contributed by atoms with van der Waals surface area (Å²) in [6.45, 7) is 6.41. The minimum absolute atomic E-state index is 0.262. The summed E-state index contributed by atoms with van der Waals surface area (Å²) >= 11 is 0. The third-order valence-electron chi connectivity index (χ3n) is 6.10. The second kappa shape index (κ2) is 8.28. The van der Waals surface area contributed by atoms with Crippen molar-refractivity contribution in [1.29, 1.82) is 0 Å². The maximum atomic E-state index is 6.19. The van der Waals surface area contributed by atoms with E-state index in [1.165, 1.54) is 11.3 Å². The van der Waals surface area contributed by atoms with Crippen LogP contribution in [0.5, 0.6) is 17.2 Å². The fraction of sp³-hybridized carbons (Fsp3) is 0.458. The molecule has 0 aliphatic carbocycles. The fourth-order valence-corrected chi connectivity index (χ4v) is 4.65. The summed E-state index contributed by atoms with van der Waals surface area (Å²) in [6, 6.07) is 12.5. The normalized spacial score (nSPS) is 20.2. The van der Waals surface area contributed by atoms with E-state index in [1.807, 2.05) is 13.0 Å². The Morgan fingerprint density at radius 1 is 1.00 bits per heavy atom. The van der Waals surface area contributed by atoms with Gasteiger partial charge in [-0.2, -0.15) is 0 Å². The Labute approximate surface area is 177 Å². The third-order valence-corrected chi connectivity index (χ3v) is 6.10. The first-order valence-electron chi connectivity index (χ1n) is 10.9. The summed E-state index contributed by atoms with van der Waals surface area (Å²) in [5.41, 5.74) is 4.26. The zero-order valence-corrected chi connectivity index (χ0v) is 17.4. The number of rotatable bonds is 9. The van der Waals surface area contributed by atoms with Crippen LogP contribution in [0.4, 0.5) is 5.69 Å². The van der Waals surface area contributed by atoms with Gasteiger partial charge in [0.05, 0.1) is 11.1 Å². The van der Waals surface area contributed by atoms with Gasteiger partial charge in [0.1, 0.15) is 12.4 Å². The smallest absolute Gasteiger partial charge is 0.231 e. The number of hydrogen-bond donors (Lipinski definition) is 1. The average molecular weight is 408 g/mol. The molecule has 0 amide bonds. The Morgan fingerprint density at radius 3 is 2.73 bits per heavy atom. The summed E-state index contributed by atoms with van der Waals surface area (Å²) in [5, 5.41) is 3.52. The molecular weight excluding hydrogens is 380 g/mol. The van der Waals surface area contributed by atoms with Crippen LogP contribution in [-0.4, -0.2) is 45.4 Å². The van der Waals surface area contributed by atoms with E-state index in [-0.39, 0.29) is 12.2 Å². The van der Waals surface area contributed by atoms with E-state index in [0.717, 1.165) is 74.1 Å². The highest BCUT2D eigenvalue weighted by molar-refractivity contribution is 6.06. The van der Waals surface area contributed by atoms with Crippen molar-refractivity contribution in [2.24, 2.45) is 4.99 Å². The average Bonchev–Trinajstić information content (AvgIpc) is 3.46. The van der Waals surface area contributed by atoms with Gasteiger partial charge in [-0.25, -0.2) is 0 Å². The Balaban J connectivity index is 1.35. The SMILES string of the molecule is CCOCCCNCCCC1=Nc2ccccc2[C@]12COc1cc3c(cc12)OCO3. The number of nitrogens with one attached hydrogen (secondary N) is 1. The molecule has 0 bridgehead atoms. The second-order valence-corrected chi connectivity index (χ2v) is 7.88. The molecule has 3 aliphatic heterocycles. The molecule has 1 spiro atoms. The van der Waals surface area contributed by atoms with Crippen LogP contribution in [0.2, 0.25) is 0 Å². The van der Waals surface area contributed by atoms with Crippen LogP contribution < -0.4 is 19.5 Å². The van der Waals surface area contributed by atoms with Crippen molar-refractivity contribution in [2.75, 3.05) is 39.7 Å². The number of hydrogen-bond acceptors (Lipinski definition) is 6. The molecule has 2 aromatic carbocycles. The number of fused-ring (bicyclic) bond motifs is 5. The summed E-state index contributed by atoms with van der Waals surface area (Å²) in [5.74, 6) is 2.42. The van der Waals surface area contributed by atoms with Gasteiger partial charge in [-0.3, -0.25) is 4.99 Å².